The van der Waals surface area contributed by atoms with Crippen molar-refractivity contribution in [3.63, 3.8) is 0 Å². The first kappa shape index (κ1) is 21.7. The van der Waals surface area contributed by atoms with Crippen molar-refractivity contribution < 1.29 is 9.53 Å². The predicted octanol–water partition coefficient (Wildman–Crippen LogP) is 5.37. The molecule has 0 spiro atoms. The quantitative estimate of drug-likeness (QED) is 0.225. The van der Waals surface area contributed by atoms with Gasteiger partial charge in [0.15, 0.2) is 0 Å². The van der Waals surface area contributed by atoms with Crippen molar-refractivity contribution in [2.24, 2.45) is 5.10 Å². The van der Waals surface area contributed by atoms with Gasteiger partial charge in [-0.1, -0.05) is 54.4 Å². The number of carbonyl (C=O) groups excluding carboxylic acids is 1. The highest BCUT2D eigenvalue weighted by molar-refractivity contribution is 6.36. The molecule has 4 rings (SSSR count). The summed E-state index contributed by atoms with van der Waals surface area (Å²) in [5, 5.41) is 5.43. The molecule has 0 saturated heterocycles. The third kappa shape index (κ3) is 4.42. The van der Waals surface area contributed by atoms with Crippen LogP contribution in [-0.2, 0) is 6.42 Å². The average Bonchev–Trinajstić information content (AvgIpc) is 2.79. The van der Waals surface area contributed by atoms with Gasteiger partial charge >= 0.3 is 5.97 Å². The van der Waals surface area contributed by atoms with Gasteiger partial charge < -0.3 is 4.74 Å². The van der Waals surface area contributed by atoms with Crippen molar-refractivity contribution in [3.05, 3.63) is 104 Å². The molecule has 4 aromatic rings. The molecule has 1 aromatic heterocycles. The minimum Gasteiger partial charge on any atom is -0.422 e. The lowest BCUT2D eigenvalue weighted by atomic mass is 10.2. The van der Waals surface area contributed by atoms with Gasteiger partial charge in [-0.2, -0.15) is 9.78 Å². The zero-order chi connectivity index (χ0) is 22.7. The van der Waals surface area contributed by atoms with E-state index >= 15 is 0 Å². The summed E-state index contributed by atoms with van der Waals surface area (Å²) in [5.74, 6) is 0.158. The fraction of sp³-hybridized carbons (Fsp3) is 0.0833. The van der Waals surface area contributed by atoms with E-state index in [1.807, 2.05) is 13.0 Å². The Bertz CT molecular complexity index is 1410. The molecule has 32 heavy (non-hydrogen) atoms. The van der Waals surface area contributed by atoms with Gasteiger partial charge in [0.05, 0.1) is 27.7 Å². The van der Waals surface area contributed by atoms with Gasteiger partial charge in [0, 0.05) is 17.0 Å². The van der Waals surface area contributed by atoms with E-state index < -0.39 is 5.97 Å². The van der Waals surface area contributed by atoms with E-state index in [4.69, 9.17) is 27.9 Å². The molecule has 0 N–H and O–H groups in total. The number of carbonyl (C=O) groups is 1. The second-order valence-corrected chi connectivity index (χ2v) is 7.66. The number of ether oxygens (including phenoxy) is 1. The number of nitrogens with zero attached hydrogens (tertiary/aromatic N) is 3. The van der Waals surface area contributed by atoms with E-state index in [1.165, 1.54) is 23.0 Å². The number of halogens is 2. The fourth-order valence-electron chi connectivity index (χ4n) is 3.13. The summed E-state index contributed by atoms with van der Waals surface area (Å²) in [7, 11) is 0. The van der Waals surface area contributed by atoms with Crippen LogP contribution < -0.4 is 10.3 Å². The molecule has 0 aliphatic carbocycles. The van der Waals surface area contributed by atoms with Gasteiger partial charge in [-0.3, -0.25) is 4.79 Å². The molecule has 0 unspecified atom stereocenters. The van der Waals surface area contributed by atoms with E-state index in [-0.39, 0.29) is 21.9 Å². The van der Waals surface area contributed by atoms with E-state index in [0.29, 0.717) is 33.7 Å². The van der Waals surface area contributed by atoms with E-state index in [2.05, 4.69) is 10.1 Å². The van der Waals surface area contributed by atoms with Crippen LogP contribution in [0.15, 0.2) is 76.6 Å². The number of hydrogen-bond donors (Lipinski definition) is 0. The second-order valence-electron chi connectivity index (χ2n) is 6.81. The van der Waals surface area contributed by atoms with Gasteiger partial charge in [0.1, 0.15) is 11.6 Å². The number of para-hydroxylation sites is 2. The molecule has 3 aromatic carbocycles. The highest BCUT2D eigenvalue weighted by Gasteiger charge is 2.15. The van der Waals surface area contributed by atoms with Gasteiger partial charge in [-0.25, -0.2) is 9.78 Å². The Labute approximate surface area is 193 Å². The molecule has 0 atom stereocenters. The molecule has 8 heteroatoms. The molecule has 160 valence electrons. The molecular weight excluding hydrogens is 449 g/mol. The van der Waals surface area contributed by atoms with Crippen molar-refractivity contribution in [1.82, 2.24) is 9.66 Å². The molecule has 0 fully saturated rings. The van der Waals surface area contributed by atoms with Crippen molar-refractivity contribution in [2.45, 2.75) is 13.3 Å². The van der Waals surface area contributed by atoms with Crippen LogP contribution in [0, 0.1) is 0 Å². The van der Waals surface area contributed by atoms with E-state index in [9.17, 15) is 9.59 Å². The highest BCUT2D eigenvalue weighted by atomic mass is 35.5. The van der Waals surface area contributed by atoms with Gasteiger partial charge in [-0.05, 0) is 42.5 Å². The molecule has 0 amide bonds. The maximum Gasteiger partial charge on any atom is 0.345 e. The predicted molar refractivity (Wildman–Crippen MR) is 126 cm³/mol. The summed E-state index contributed by atoms with van der Waals surface area (Å²) in [6, 6.07) is 18.5. The zero-order valence-electron chi connectivity index (χ0n) is 17.0. The SMILES string of the molecule is CCc1nc2ccccc2c(=O)n1N=Cc1ccccc1OC(=O)c1ccc(Cl)cc1Cl. The number of aryl methyl sites for hydroxylation is 1. The summed E-state index contributed by atoms with van der Waals surface area (Å²) < 4.78 is 6.80. The van der Waals surface area contributed by atoms with Crippen LogP contribution in [0.1, 0.15) is 28.7 Å². The molecule has 0 saturated carbocycles. The summed E-state index contributed by atoms with van der Waals surface area (Å²) in [5.41, 5.74) is 1.04. The molecule has 1 heterocycles. The number of benzene rings is 3. The Morgan fingerprint density at radius 3 is 2.62 bits per heavy atom. The van der Waals surface area contributed by atoms with Crippen LogP contribution in [0.2, 0.25) is 10.0 Å². The average molecular weight is 466 g/mol. The summed E-state index contributed by atoms with van der Waals surface area (Å²) >= 11 is 12.0. The Kier molecular flexibility index (Phi) is 6.35. The maximum absolute atomic E-state index is 12.9. The van der Waals surface area contributed by atoms with Crippen molar-refractivity contribution in [2.75, 3.05) is 0 Å². The van der Waals surface area contributed by atoms with E-state index in [1.54, 1.807) is 48.5 Å². The van der Waals surface area contributed by atoms with Crippen LogP contribution in [-0.4, -0.2) is 21.8 Å². The lowest BCUT2D eigenvalue weighted by Gasteiger charge is -2.10. The number of aromatic nitrogens is 2. The number of esters is 1. The Balaban J connectivity index is 1.69. The van der Waals surface area contributed by atoms with Crippen LogP contribution >= 0.6 is 23.2 Å². The summed E-state index contributed by atoms with van der Waals surface area (Å²) in [6.07, 6.45) is 1.98. The number of fused-ring (bicyclic) bond motifs is 1. The number of hydrogen-bond acceptors (Lipinski definition) is 5. The van der Waals surface area contributed by atoms with Crippen LogP contribution in [0.25, 0.3) is 10.9 Å². The smallest absolute Gasteiger partial charge is 0.345 e. The minimum atomic E-state index is -0.633. The molecule has 0 radical (unpaired) electrons. The standard InChI is InChI=1S/C24H17Cl2N3O3/c1-2-22-28-20-9-5-4-8-18(20)23(30)29(22)27-14-15-7-3-6-10-21(15)32-24(31)17-12-11-16(25)13-19(17)26/h3-14H,2H2,1H3. The first-order valence-electron chi connectivity index (χ1n) is 9.79. The Hall–Kier alpha value is -3.48. The van der Waals surface area contributed by atoms with Crippen LogP contribution in [0.5, 0.6) is 5.75 Å². The first-order chi connectivity index (χ1) is 15.5. The lowest BCUT2D eigenvalue weighted by Crippen LogP contribution is -2.22. The van der Waals surface area contributed by atoms with Gasteiger partial charge in [0.25, 0.3) is 5.56 Å². The van der Waals surface area contributed by atoms with Crippen molar-refractivity contribution in [1.29, 1.82) is 0 Å². The van der Waals surface area contributed by atoms with Crippen molar-refractivity contribution >= 4 is 46.3 Å². The summed E-state index contributed by atoms with van der Waals surface area (Å²) in [4.78, 5) is 30.1. The fourth-order valence-corrected chi connectivity index (χ4v) is 3.61. The normalized spacial score (nSPS) is 11.2. The Morgan fingerprint density at radius 2 is 1.84 bits per heavy atom. The summed E-state index contributed by atoms with van der Waals surface area (Å²) in [6.45, 7) is 1.90. The lowest BCUT2D eigenvalue weighted by molar-refractivity contribution is 0.0734. The monoisotopic (exact) mass is 465 g/mol. The third-order valence-electron chi connectivity index (χ3n) is 4.72. The number of rotatable bonds is 5. The minimum absolute atomic E-state index is 0.186. The molecule has 6 nitrogen and oxygen atoms in total. The molecule has 0 aliphatic heterocycles. The highest BCUT2D eigenvalue weighted by Crippen LogP contribution is 2.24. The topological polar surface area (TPSA) is 73.6 Å². The van der Waals surface area contributed by atoms with Crippen molar-refractivity contribution in [3.8, 4) is 5.75 Å². The van der Waals surface area contributed by atoms with Crippen LogP contribution in [0.4, 0.5) is 0 Å². The largest absolute Gasteiger partial charge is 0.422 e. The zero-order valence-corrected chi connectivity index (χ0v) is 18.5. The van der Waals surface area contributed by atoms with E-state index in [0.717, 1.165) is 0 Å². The molecule has 0 aliphatic rings. The Morgan fingerprint density at radius 1 is 1.09 bits per heavy atom. The second kappa shape index (κ2) is 9.34. The first-order valence-corrected chi connectivity index (χ1v) is 10.5. The molecular formula is C24H17Cl2N3O3. The maximum atomic E-state index is 12.9. The third-order valence-corrected chi connectivity index (χ3v) is 5.27. The van der Waals surface area contributed by atoms with Gasteiger partial charge in [0.2, 0.25) is 0 Å². The van der Waals surface area contributed by atoms with Crippen LogP contribution in [0.3, 0.4) is 0 Å². The molecule has 0 bridgehead atoms. The van der Waals surface area contributed by atoms with Gasteiger partial charge in [-0.15, -0.1) is 0 Å².